The zero-order valence-electron chi connectivity index (χ0n) is 21.6. The summed E-state index contributed by atoms with van der Waals surface area (Å²) in [6.07, 6.45) is 2.24. The molecule has 202 valence electrons. The highest BCUT2D eigenvalue weighted by molar-refractivity contribution is 6.12. The van der Waals surface area contributed by atoms with Crippen LogP contribution in [0.15, 0.2) is 55.0 Å². The van der Waals surface area contributed by atoms with Crippen LogP contribution >= 0.6 is 0 Å². The number of anilines is 1. The summed E-state index contributed by atoms with van der Waals surface area (Å²) >= 11 is 0. The second-order valence-electron chi connectivity index (χ2n) is 9.96. The van der Waals surface area contributed by atoms with E-state index in [4.69, 9.17) is 9.72 Å². The molecule has 0 bridgehead atoms. The number of aromatic nitrogens is 6. The fraction of sp³-hybridized carbons (Fsp3) is 0.357. The average molecular weight is 536 g/mol. The van der Waals surface area contributed by atoms with Crippen molar-refractivity contribution in [3.8, 4) is 11.3 Å². The Morgan fingerprint density at radius 2 is 1.85 bits per heavy atom. The van der Waals surface area contributed by atoms with E-state index in [2.05, 4.69) is 37.3 Å². The third-order valence-electron chi connectivity index (χ3n) is 7.43. The molecule has 0 aliphatic carbocycles. The SMILES string of the molecule is Cc1nnn(C)c1-c1cnc2c3c(NCC(F)(F)F)cncc3n([C@H](c3ccccc3)C3CCOCC3)c2c1. The van der Waals surface area contributed by atoms with Crippen molar-refractivity contribution in [2.75, 3.05) is 25.1 Å². The van der Waals surface area contributed by atoms with E-state index in [1.165, 1.54) is 6.20 Å². The summed E-state index contributed by atoms with van der Waals surface area (Å²) in [6, 6.07) is 12.1. The van der Waals surface area contributed by atoms with Gasteiger partial charge in [-0.25, -0.2) is 4.68 Å². The molecule has 1 aromatic carbocycles. The number of nitrogens with zero attached hydrogens (tertiary/aromatic N) is 6. The Morgan fingerprint density at radius 1 is 1.08 bits per heavy atom. The Bertz CT molecular complexity index is 1600. The van der Waals surface area contributed by atoms with Crippen LogP contribution < -0.4 is 5.32 Å². The predicted octanol–water partition coefficient (Wildman–Crippen LogP) is 5.68. The Morgan fingerprint density at radius 3 is 2.54 bits per heavy atom. The molecule has 1 aliphatic rings. The van der Waals surface area contributed by atoms with E-state index >= 15 is 0 Å². The smallest absolute Gasteiger partial charge is 0.381 e. The maximum atomic E-state index is 13.2. The van der Waals surface area contributed by atoms with Crippen molar-refractivity contribution in [3.05, 3.63) is 66.2 Å². The van der Waals surface area contributed by atoms with Crippen LogP contribution in [0.2, 0.25) is 0 Å². The third-order valence-corrected chi connectivity index (χ3v) is 7.43. The Hall–Kier alpha value is -3.99. The zero-order valence-corrected chi connectivity index (χ0v) is 21.6. The van der Waals surface area contributed by atoms with E-state index in [1.54, 1.807) is 17.1 Å². The minimum Gasteiger partial charge on any atom is -0.381 e. The fourth-order valence-corrected chi connectivity index (χ4v) is 5.77. The van der Waals surface area contributed by atoms with Crippen molar-refractivity contribution in [2.45, 2.75) is 32.0 Å². The van der Waals surface area contributed by atoms with E-state index < -0.39 is 12.7 Å². The van der Waals surface area contributed by atoms with Crippen molar-refractivity contribution >= 4 is 27.6 Å². The van der Waals surface area contributed by atoms with Crippen LogP contribution in [0.1, 0.15) is 30.1 Å². The number of halogens is 3. The molecule has 11 heteroatoms. The maximum absolute atomic E-state index is 13.2. The highest BCUT2D eigenvalue weighted by Crippen LogP contribution is 2.42. The van der Waals surface area contributed by atoms with E-state index in [1.807, 2.05) is 38.2 Å². The van der Waals surface area contributed by atoms with Crippen LogP contribution in [0.5, 0.6) is 0 Å². The van der Waals surface area contributed by atoms with Crippen molar-refractivity contribution < 1.29 is 17.9 Å². The van der Waals surface area contributed by atoms with Crippen LogP contribution in [0, 0.1) is 12.8 Å². The largest absolute Gasteiger partial charge is 0.405 e. The van der Waals surface area contributed by atoms with Crippen LogP contribution in [0.4, 0.5) is 18.9 Å². The fourth-order valence-electron chi connectivity index (χ4n) is 5.77. The number of hydrogen-bond donors (Lipinski definition) is 1. The lowest BCUT2D eigenvalue weighted by molar-refractivity contribution is -0.115. The van der Waals surface area contributed by atoms with Gasteiger partial charge in [0.1, 0.15) is 6.54 Å². The number of pyridine rings is 2. The average Bonchev–Trinajstić information content (AvgIpc) is 3.44. The van der Waals surface area contributed by atoms with Gasteiger partial charge in [0.15, 0.2) is 0 Å². The number of nitrogens with one attached hydrogen (secondary N) is 1. The summed E-state index contributed by atoms with van der Waals surface area (Å²) < 4.78 is 49.2. The van der Waals surface area contributed by atoms with Crippen molar-refractivity contribution in [1.29, 1.82) is 0 Å². The van der Waals surface area contributed by atoms with Gasteiger partial charge in [0.25, 0.3) is 0 Å². The molecular formula is C28H28F3N7O. The summed E-state index contributed by atoms with van der Waals surface area (Å²) in [4.78, 5) is 9.19. The zero-order chi connectivity index (χ0) is 27.1. The molecule has 5 aromatic rings. The van der Waals surface area contributed by atoms with Gasteiger partial charge in [-0.2, -0.15) is 13.2 Å². The van der Waals surface area contributed by atoms with Gasteiger partial charge < -0.3 is 14.6 Å². The van der Waals surface area contributed by atoms with Crippen LogP contribution in [0.3, 0.4) is 0 Å². The van der Waals surface area contributed by atoms with Gasteiger partial charge in [-0.05, 0) is 37.3 Å². The monoisotopic (exact) mass is 535 g/mol. The number of fused-ring (bicyclic) bond motifs is 3. The van der Waals surface area contributed by atoms with E-state index in [9.17, 15) is 13.2 Å². The molecule has 4 aromatic heterocycles. The summed E-state index contributed by atoms with van der Waals surface area (Å²) in [5, 5.41) is 11.5. The minimum absolute atomic E-state index is 0.0995. The molecule has 1 fully saturated rings. The van der Waals surface area contributed by atoms with Gasteiger partial charge >= 0.3 is 6.18 Å². The molecular weight excluding hydrogens is 507 g/mol. The number of aryl methyl sites for hydroxylation is 2. The molecule has 39 heavy (non-hydrogen) atoms. The topological polar surface area (TPSA) is 82.7 Å². The lowest BCUT2D eigenvalue weighted by atomic mass is 9.86. The van der Waals surface area contributed by atoms with Gasteiger partial charge in [0, 0.05) is 32.0 Å². The van der Waals surface area contributed by atoms with Gasteiger partial charge in [-0.15, -0.1) is 5.10 Å². The van der Waals surface area contributed by atoms with Gasteiger partial charge in [-0.3, -0.25) is 9.97 Å². The molecule has 1 saturated heterocycles. The first kappa shape index (κ1) is 25.3. The maximum Gasteiger partial charge on any atom is 0.405 e. The Kier molecular flexibility index (Phi) is 6.46. The molecule has 0 spiro atoms. The van der Waals surface area contributed by atoms with Crippen molar-refractivity contribution in [2.24, 2.45) is 13.0 Å². The first-order chi connectivity index (χ1) is 18.8. The van der Waals surface area contributed by atoms with Crippen LogP contribution in [-0.4, -0.2) is 55.5 Å². The molecule has 6 rings (SSSR count). The molecule has 1 atom stereocenters. The predicted molar refractivity (Wildman–Crippen MR) is 142 cm³/mol. The first-order valence-electron chi connectivity index (χ1n) is 12.9. The highest BCUT2D eigenvalue weighted by atomic mass is 19.4. The van der Waals surface area contributed by atoms with Gasteiger partial charge in [-0.1, -0.05) is 35.5 Å². The summed E-state index contributed by atoms with van der Waals surface area (Å²) in [6.45, 7) is 2.04. The van der Waals surface area contributed by atoms with Crippen molar-refractivity contribution in [1.82, 2.24) is 29.5 Å². The number of benzene rings is 1. The molecule has 0 radical (unpaired) electrons. The molecule has 1 N–H and O–H groups in total. The van der Waals surface area contributed by atoms with E-state index in [0.717, 1.165) is 46.4 Å². The number of ether oxygens (including phenoxy) is 1. The van der Waals surface area contributed by atoms with E-state index in [0.29, 0.717) is 29.8 Å². The van der Waals surface area contributed by atoms with Gasteiger partial charge in [0.2, 0.25) is 0 Å². The number of alkyl halides is 3. The highest BCUT2D eigenvalue weighted by Gasteiger charge is 2.32. The summed E-state index contributed by atoms with van der Waals surface area (Å²) in [5.41, 5.74) is 5.98. The molecule has 0 amide bonds. The lowest BCUT2D eigenvalue weighted by Gasteiger charge is -2.33. The molecule has 5 heterocycles. The van der Waals surface area contributed by atoms with Crippen LogP contribution in [-0.2, 0) is 11.8 Å². The van der Waals surface area contributed by atoms with E-state index in [-0.39, 0.29) is 12.0 Å². The molecule has 0 saturated carbocycles. The Balaban J connectivity index is 1.65. The number of hydrogen-bond acceptors (Lipinski definition) is 6. The third kappa shape index (κ3) is 4.71. The van der Waals surface area contributed by atoms with Crippen molar-refractivity contribution in [3.63, 3.8) is 0 Å². The van der Waals surface area contributed by atoms with Crippen LogP contribution in [0.25, 0.3) is 33.2 Å². The Labute approximate surface area is 222 Å². The standard InChI is InChI=1S/C28H28F3N7O/c1-17-26(37(2)36-35-17)20-12-22-25(33-13-20)24-21(34-16-28(29,30)31)14-32-15-23(24)38(22)27(18-6-4-3-5-7-18)19-8-10-39-11-9-19/h3-7,12-15,19,27,34H,8-11,16H2,1-2H3/t27-/m1/s1. The summed E-state index contributed by atoms with van der Waals surface area (Å²) in [5.74, 6) is 0.246. The van der Waals surface area contributed by atoms with Gasteiger partial charge in [0.05, 0.1) is 57.4 Å². The second kappa shape index (κ2) is 9.96. The number of rotatable bonds is 6. The molecule has 1 aliphatic heterocycles. The summed E-state index contributed by atoms with van der Waals surface area (Å²) in [7, 11) is 1.83. The second-order valence-corrected chi connectivity index (χ2v) is 9.96. The minimum atomic E-state index is -4.38. The lowest BCUT2D eigenvalue weighted by Crippen LogP contribution is -2.27. The molecule has 8 nitrogen and oxygen atoms in total. The quantitative estimate of drug-likeness (QED) is 0.301. The first-order valence-corrected chi connectivity index (χ1v) is 12.9. The normalized spacial score (nSPS) is 15.7. The molecule has 0 unspecified atom stereocenters.